The van der Waals surface area contributed by atoms with E-state index in [1.54, 1.807) is 6.92 Å². The Bertz CT molecular complexity index is 254. The van der Waals surface area contributed by atoms with Crippen molar-refractivity contribution in [1.29, 1.82) is 0 Å². The van der Waals surface area contributed by atoms with Gasteiger partial charge in [-0.1, -0.05) is 13.8 Å². The maximum atomic E-state index is 11.8. The summed E-state index contributed by atoms with van der Waals surface area (Å²) in [5.74, 6) is -0.0733. The van der Waals surface area contributed by atoms with Gasteiger partial charge in [0.1, 0.15) is 6.10 Å². The number of amides is 1. The van der Waals surface area contributed by atoms with Gasteiger partial charge in [-0.25, -0.2) is 0 Å². The molecule has 0 bridgehead atoms. The second-order valence-electron chi connectivity index (χ2n) is 5.50. The van der Waals surface area contributed by atoms with Crippen molar-refractivity contribution >= 4 is 18.3 Å². The van der Waals surface area contributed by atoms with Gasteiger partial charge in [0.15, 0.2) is 0 Å². The van der Waals surface area contributed by atoms with Gasteiger partial charge in [-0.3, -0.25) is 4.79 Å². The normalized spacial score (nSPS) is 21.9. The van der Waals surface area contributed by atoms with Gasteiger partial charge in [-0.15, -0.1) is 12.4 Å². The van der Waals surface area contributed by atoms with Crippen molar-refractivity contribution in [3.05, 3.63) is 0 Å². The fraction of sp³-hybridized carbons (Fsp3) is 0.917. The Balaban J connectivity index is 0.00000289. The molecule has 0 aromatic rings. The number of hydrogen-bond donors (Lipinski definition) is 3. The number of carbonyl (C=O) groups excluding carboxylic acids is 1. The summed E-state index contributed by atoms with van der Waals surface area (Å²) in [7, 11) is 0. The van der Waals surface area contributed by atoms with Gasteiger partial charge < -0.3 is 20.5 Å². The Hall–Kier alpha value is -0.360. The summed E-state index contributed by atoms with van der Waals surface area (Å²) in [6.07, 6.45) is -0.0718. The minimum atomic E-state index is -0.383. The van der Waals surface area contributed by atoms with E-state index < -0.39 is 0 Å². The zero-order valence-electron chi connectivity index (χ0n) is 11.4. The largest absolute Gasteiger partial charge is 0.393 e. The average molecular weight is 281 g/mol. The summed E-state index contributed by atoms with van der Waals surface area (Å²) in [6, 6.07) is 0. The second-order valence-corrected chi connectivity index (χ2v) is 5.50. The topological polar surface area (TPSA) is 70.6 Å². The Kier molecular flexibility index (Phi) is 7.78. The molecule has 0 saturated carbocycles. The lowest BCUT2D eigenvalue weighted by molar-refractivity contribution is -0.134. The molecule has 3 N–H and O–H groups in total. The molecule has 1 heterocycles. The van der Waals surface area contributed by atoms with E-state index in [-0.39, 0.29) is 35.9 Å². The average Bonchev–Trinajstić information content (AvgIpc) is 2.25. The first kappa shape index (κ1) is 17.6. The highest BCUT2D eigenvalue weighted by Crippen LogP contribution is 2.21. The first-order valence-electron chi connectivity index (χ1n) is 6.19. The van der Waals surface area contributed by atoms with E-state index in [2.05, 4.69) is 10.6 Å². The van der Waals surface area contributed by atoms with E-state index in [1.165, 1.54) is 0 Å². The van der Waals surface area contributed by atoms with Crippen LogP contribution in [0.3, 0.4) is 0 Å². The fourth-order valence-corrected chi connectivity index (χ4v) is 2.05. The molecule has 2 atom stereocenters. The van der Waals surface area contributed by atoms with Crippen molar-refractivity contribution in [3.63, 3.8) is 0 Å². The Labute approximate surface area is 115 Å². The third-order valence-electron chi connectivity index (χ3n) is 2.81. The molecule has 1 rings (SSSR count). The lowest BCUT2D eigenvalue weighted by Gasteiger charge is -2.28. The Morgan fingerprint density at radius 1 is 1.61 bits per heavy atom. The maximum absolute atomic E-state index is 11.8. The molecular formula is C12H25ClN2O3. The van der Waals surface area contributed by atoms with Crippen LogP contribution in [-0.2, 0) is 9.53 Å². The van der Waals surface area contributed by atoms with E-state index in [0.717, 1.165) is 6.54 Å². The van der Waals surface area contributed by atoms with Gasteiger partial charge in [0.25, 0.3) is 0 Å². The molecule has 0 radical (unpaired) electrons. The van der Waals surface area contributed by atoms with Crippen LogP contribution in [0.1, 0.15) is 27.2 Å². The number of nitrogens with one attached hydrogen (secondary N) is 2. The van der Waals surface area contributed by atoms with Gasteiger partial charge in [0, 0.05) is 19.6 Å². The molecule has 1 aliphatic rings. The van der Waals surface area contributed by atoms with E-state index in [9.17, 15) is 9.90 Å². The minimum absolute atomic E-state index is 0. The molecule has 0 aromatic heterocycles. The van der Waals surface area contributed by atoms with Crippen molar-refractivity contribution in [2.45, 2.75) is 39.4 Å². The molecule has 18 heavy (non-hydrogen) atoms. The van der Waals surface area contributed by atoms with Gasteiger partial charge >= 0.3 is 0 Å². The molecule has 1 fully saturated rings. The number of aliphatic hydroxyl groups is 1. The van der Waals surface area contributed by atoms with Crippen molar-refractivity contribution in [2.24, 2.45) is 5.41 Å². The predicted octanol–water partition coefficient (Wildman–Crippen LogP) is 0.310. The van der Waals surface area contributed by atoms with Gasteiger partial charge in [0.05, 0.1) is 12.7 Å². The van der Waals surface area contributed by atoms with Crippen LogP contribution in [0.5, 0.6) is 0 Å². The summed E-state index contributed by atoms with van der Waals surface area (Å²) in [5.41, 5.74) is -0.105. The van der Waals surface area contributed by atoms with Crippen LogP contribution < -0.4 is 10.6 Å². The predicted molar refractivity (Wildman–Crippen MR) is 72.9 cm³/mol. The summed E-state index contributed by atoms with van der Waals surface area (Å²) in [4.78, 5) is 11.8. The van der Waals surface area contributed by atoms with E-state index in [1.807, 2.05) is 13.8 Å². The summed E-state index contributed by atoms with van der Waals surface area (Å²) in [5, 5.41) is 15.4. The number of rotatable bonds is 5. The number of carbonyl (C=O) groups is 1. The highest BCUT2D eigenvalue weighted by molar-refractivity contribution is 5.85. The van der Waals surface area contributed by atoms with Crippen LogP contribution in [0.4, 0.5) is 0 Å². The lowest BCUT2D eigenvalue weighted by Crippen LogP contribution is -2.49. The van der Waals surface area contributed by atoms with Crippen LogP contribution in [0, 0.1) is 5.41 Å². The third-order valence-corrected chi connectivity index (χ3v) is 2.81. The van der Waals surface area contributed by atoms with Gasteiger partial charge in [-0.05, 0) is 18.8 Å². The highest BCUT2D eigenvalue weighted by atomic mass is 35.5. The van der Waals surface area contributed by atoms with E-state index >= 15 is 0 Å². The Morgan fingerprint density at radius 3 is 2.78 bits per heavy atom. The molecule has 1 amide bonds. The van der Waals surface area contributed by atoms with Crippen LogP contribution in [0.25, 0.3) is 0 Å². The SMILES string of the molecule is CC(O)CC(C)(C)CNC(=O)C1CNCCO1.Cl. The van der Waals surface area contributed by atoms with Crippen molar-refractivity contribution in [3.8, 4) is 0 Å². The van der Waals surface area contributed by atoms with E-state index in [0.29, 0.717) is 26.1 Å². The molecule has 1 aliphatic heterocycles. The van der Waals surface area contributed by atoms with E-state index in [4.69, 9.17) is 4.74 Å². The molecule has 1 saturated heterocycles. The molecule has 0 aliphatic carbocycles. The minimum Gasteiger partial charge on any atom is -0.393 e. The van der Waals surface area contributed by atoms with Crippen LogP contribution >= 0.6 is 12.4 Å². The highest BCUT2D eigenvalue weighted by Gasteiger charge is 2.25. The van der Waals surface area contributed by atoms with Crippen LogP contribution in [-0.4, -0.2) is 49.5 Å². The van der Waals surface area contributed by atoms with Gasteiger partial charge in [0.2, 0.25) is 5.91 Å². The number of ether oxygens (including phenoxy) is 1. The fourth-order valence-electron chi connectivity index (χ4n) is 2.05. The first-order chi connectivity index (χ1) is 7.91. The maximum Gasteiger partial charge on any atom is 0.250 e. The zero-order valence-corrected chi connectivity index (χ0v) is 12.2. The molecule has 0 aromatic carbocycles. The number of morpholine rings is 1. The summed E-state index contributed by atoms with van der Waals surface area (Å²) < 4.78 is 5.36. The molecular weight excluding hydrogens is 256 g/mol. The number of hydrogen-bond acceptors (Lipinski definition) is 4. The smallest absolute Gasteiger partial charge is 0.250 e. The number of aliphatic hydroxyl groups excluding tert-OH is 1. The van der Waals surface area contributed by atoms with Gasteiger partial charge in [-0.2, -0.15) is 0 Å². The van der Waals surface area contributed by atoms with Crippen molar-refractivity contribution in [1.82, 2.24) is 10.6 Å². The molecule has 5 nitrogen and oxygen atoms in total. The molecule has 6 heteroatoms. The summed E-state index contributed by atoms with van der Waals surface area (Å²) >= 11 is 0. The van der Waals surface area contributed by atoms with Crippen molar-refractivity contribution < 1.29 is 14.6 Å². The first-order valence-corrected chi connectivity index (χ1v) is 6.19. The number of halogens is 1. The summed E-state index contributed by atoms with van der Waals surface area (Å²) in [6.45, 7) is 8.32. The molecule has 0 spiro atoms. The third kappa shape index (κ3) is 6.54. The molecule has 108 valence electrons. The quantitative estimate of drug-likeness (QED) is 0.678. The Morgan fingerprint density at radius 2 is 2.28 bits per heavy atom. The molecule has 2 unspecified atom stereocenters. The monoisotopic (exact) mass is 280 g/mol. The van der Waals surface area contributed by atoms with Crippen molar-refractivity contribution in [2.75, 3.05) is 26.2 Å². The zero-order chi connectivity index (χ0) is 12.9. The lowest BCUT2D eigenvalue weighted by atomic mass is 9.87. The standard InChI is InChI=1S/C12H24N2O3.ClH/c1-9(15)6-12(2,3)8-14-11(16)10-7-13-4-5-17-10;/h9-10,13,15H,4-8H2,1-3H3,(H,14,16);1H. The van der Waals surface area contributed by atoms with Crippen LogP contribution in [0.15, 0.2) is 0 Å². The second kappa shape index (κ2) is 7.94. The van der Waals surface area contributed by atoms with Crippen LogP contribution in [0.2, 0.25) is 0 Å².